The number of carbonyl (C=O) groups is 2. The van der Waals surface area contributed by atoms with Gasteiger partial charge in [-0.05, 0) is 26.0 Å². The van der Waals surface area contributed by atoms with Gasteiger partial charge < -0.3 is 13.9 Å². The fraction of sp³-hybridized carbons (Fsp3) is 0.385. The molecule has 0 atom stereocenters. The van der Waals surface area contributed by atoms with Gasteiger partial charge in [0.25, 0.3) is 5.79 Å². The number of hydrogen-bond acceptors (Lipinski definition) is 5. The molecule has 2 rings (SSSR count). The van der Waals surface area contributed by atoms with Gasteiger partial charge in [-0.3, -0.25) is 0 Å². The summed E-state index contributed by atoms with van der Waals surface area (Å²) in [6, 6.07) is 1.74. The Morgan fingerprint density at radius 2 is 1.67 bits per heavy atom. The normalized spacial score (nSPS) is 18.3. The third kappa shape index (κ3) is 2.30. The predicted molar refractivity (Wildman–Crippen MR) is 62.4 cm³/mol. The molecular formula is C13H14O5. The topological polar surface area (TPSA) is 65.7 Å². The Morgan fingerprint density at radius 3 is 2.11 bits per heavy atom. The maximum absolute atomic E-state index is 11.7. The zero-order chi connectivity index (χ0) is 13.5. The van der Waals surface area contributed by atoms with Crippen molar-refractivity contribution in [2.45, 2.75) is 33.5 Å². The minimum absolute atomic E-state index is 0.127. The van der Waals surface area contributed by atoms with Gasteiger partial charge in [-0.2, -0.15) is 0 Å². The van der Waals surface area contributed by atoms with Gasteiger partial charge in [0, 0.05) is 19.4 Å². The summed E-state index contributed by atoms with van der Waals surface area (Å²) >= 11 is 0. The molecule has 1 aromatic rings. The number of ether oxygens (including phenoxy) is 2. The molecule has 1 aromatic heterocycles. The highest BCUT2D eigenvalue weighted by molar-refractivity contribution is 6.18. The molecule has 0 saturated carbocycles. The Kier molecular flexibility index (Phi) is 2.77. The summed E-state index contributed by atoms with van der Waals surface area (Å²) in [6.07, 6.45) is 1.42. The van der Waals surface area contributed by atoms with Crippen molar-refractivity contribution in [2.24, 2.45) is 0 Å². The van der Waals surface area contributed by atoms with Gasteiger partial charge >= 0.3 is 11.9 Å². The van der Waals surface area contributed by atoms with Gasteiger partial charge in [0.1, 0.15) is 17.1 Å². The predicted octanol–water partition coefficient (Wildman–Crippen LogP) is 2.12. The largest absolute Gasteiger partial charge is 0.466 e. The summed E-state index contributed by atoms with van der Waals surface area (Å²) in [6.45, 7) is 6.55. The fourth-order valence-electron chi connectivity index (χ4n) is 1.73. The molecule has 2 heterocycles. The van der Waals surface area contributed by atoms with Crippen LogP contribution in [-0.4, -0.2) is 17.7 Å². The van der Waals surface area contributed by atoms with Crippen molar-refractivity contribution in [2.75, 3.05) is 0 Å². The molecule has 1 aliphatic rings. The van der Waals surface area contributed by atoms with Crippen LogP contribution in [0.1, 0.15) is 30.9 Å². The molecule has 0 unspecified atom stereocenters. The second kappa shape index (κ2) is 4.01. The molecule has 1 aliphatic heterocycles. The minimum Gasteiger partial charge on any atom is -0.466 e. The fourth-order valence-corrected chi connectivity index (χ4v) is 1.73. The first kappa shape index (κ1) is 12.4. The van der Waals surface area contributed by atoms with E-state index in [1.54, 1.807) is 19.9 Å². The third-order valence-electron chi connectivity index (χ3n) is 2.50. The van der Waals surface area contributed by atoms with Crippen LogP contribution in [0.4, 0.5) is 0 Å². The first-order valence-electron chi connectivity index (χ1n) is 5.54. The van der Waals surface area contributed by atoms with Crippen LogP contribution >= 0.6 is 0 Å². The number of hydrogen-bond donors (Lipinski definition) is 0. The van der Waals surface area contributed by atoms with Crippen LogP contribution in [0.5, 0.6) is 0 Å². The third-order valence-corrected chi connectivity index (χ3v) is 2.50. The Bertz CT molecular complexity index is 526. The summed E-state index contributed by atoms with van der Waals surface area (Å²) in [7, 11) is 0. The van der Waals surface area contributed by atoms with Crippen LogP contribution < -0.4 is 0 Å². The average Bonchev–Trinajstić information content (AvgIpc) is 2.49. The first-order chi connectivity index (χ1) is 8.28. The standard InChI is InChI=1S/C13H14O5/c1-7-5-9(8(2)16-7)6-10-11(14)17-13(3,4)18-12(10)15/h5-6H,1-4H3. The van der Waals surface area contributed by atoms with Gasteiger partial charge in [0.2, 0.25) is 0 Å². The smallest absolute Gasteiger partial charge is 0.348 e. The van der Waals surface area contributed by atoms with Crippen molar-refractivity contribution in [1.29, 1.82) is 0 Å². The molecule has 96 valence electrons. The SMILES string of the molecule is Cc1cc(C=C2C(=O)OC(C)(C)OC2=O)c(C)o1. The van der Waals surface area contributed by atoms with E-state index in [1.165, 1.54) is 19.9 Å². The second-order valence-electron chi connectivity index (χ2n) is 4.61. The summed E-state index contributed by atoms with van der Waals surface area (Å²) in [5.41, 5.74) is 0.536. The van der Waals surface area contributed by atoms with Crippen LogP contribution in [0, 0.1) is 13.8 Å². The van der Waals surface area contributed by atoms with E-state index < -0.39 is 17.7 Å². The molecule has 0 radical (unpaired) electrons. The van der Waals surface area contributed by atoms with Gasteiger partial charge in [-0.15, -0.1) is 0 Å². The number of esters is 2. The molecule has 0 N–H and O–H groups in total. The lowest BCUT2D eigenvalue weighted by Crippen LogP contribution is -2.41. The maximum Gasteiger partial charge on any atom is 0.348 e. The Hall–Kier alpha value is -2.04. The second-order valence-corrected chi connectivity index (χ2v) is 4.61. The van der Waals surface area contributed by atoms with Gasteiger partial charge in [0.15, 0.2) is 0 Å². The van der Waals surface area contributed by atoms with Crippen molar-refractivity contribution < 1.29 is 23.5 Å². The van der Waals surface area contributed by atoms with E-state index in [1.807, 2.05) is 0 Å². The van der Waals surface area contributed by atoms with Gasteiger partial charge in [0.05, 0.1) is 0 Å². The van der Waals surface area contributed by atoms with Crippen molar-refractivity contribution in [1.82, 2.24) is 0 Å². The van der Waals surface area contributed by atoms with E-state index in [4.69, 9.17) is 13.9 Å². The van der Waals surface area contributed by atoms with Crippen LogP contribution in [0.25, 0.3) is 6.08 Å². The molecule has 1 fully saturated rings. The molecule has 0 amide bonds. The zero-order valence-electron chi connectivity index (χ0n) is 10.7. The Balaban J connectivity index is 2.36. The van der Waals surface area contributed by atoms with E-state index >= 15 is 0 Å². The van der Waals surface area contributed by atoms with Crippen molar-refractivity contribution in [3.05, 3.63) is 28.7 Å². The Labute approximate surface area is 104 Å². The molecule has 5 heteroatoms. The van der Waals surface area contributed by atoms with E-state index in [9.17, 15) is 9.59 Å². The highest BCUT2D eigenvalue weighted by Gasteiger charge is 2.38. The lowest BCUT2D eigenvalue weighted by Gasteiger charge is -2.29. The summed E-state index contributed by atoms with van der Waals surface area (Å²) < 4.78 is 15.3. The van der Waals surface area contributed by atoms with Crippen LogP contribution in [0.15, 0.2) is 16.1 Å². The summed E-state index contributed by atoms with van der Waals surface area (Å²) in [5, 5.41) is 0. The highest BCUT2D eigenvalue weighted by atomic mass is 16.7. The van der Waals surface area contributed by atoms with Gasteiger partial charge in [-0.25, -0.2) is 9.59 Å². The van der Waals surface area contributed by atoms with E-state index in [0.29, 0.717) is 17.1 Å². The van der Waals surface area contributed by atoms with Crippen LogP contribution in [0.2, 0.25) is 0 Å². The average molecular weight is 250 g/mol. The molecular weight excluding hydrogens is 236 g/mol. The van der Waals surface area contributed by atoms with Crippen molar-refractivity contribution >= 4 is 18.0 Å². The summed E-state index contributed by atoms with van der Waals surface area (Å²) in [4.78, 5) is 23.4. The number of rotatable bonds is 1. The van der Waals surface area contributed by atoms with Gasteiger partial charge in [-0.1, -0.05) is 0 Å². The monoisotopic (exact) mass is 250 g/mol. The Morgan fingerprint density at radius 1 is 1.11 bits per heavy atom. The molecule has 0 bridgehead atoms. The molecule has 0 aliphatic carbocycles. The van der Waals surface area contributed by atoms with Crippen molar-refractivity contribution in [3.8, 4) is 0 Å². The molecule has 0 aromatic carbocycles. The van der Waals surface area contributed by atoms with E-state index in [-0.39, 0.29) is 5.57 Å². The highest BCUT2D eigenvalue weighted by Crippen LogP contribution is 2.25. The van der Waals surface area contributed by atoms with E-state index in [0.717, 1.165) is 0 Å². The molecule has 18 heavy (non-hydrogen) atoms. The maximum atomic E-state index is 11.7. The van der Waals surface area contributed by atoms with Crippen LogP contribution in [0.3, 0.4) is 0 Å². The zero-order valence-corrected chi connectivity index (χ0v) is 10.7. The minimum atomic E-state index is -1.22. The molecule has 0 spiro atoms. The quantitative estimate of drug-likeness (QED) is 0.434. The molecule has 5 nitrogen and oxygen atoms in total. The lowest BCUT2D eigenvalue weighted by atomic mass is 10.1. The van der Waals surface area contributed by atoms with Crippen molar-refractivity contribution in [3.63, 3.8) is 0 Å². The molecule has 1 saturated heterocycles. The first-order valence-corrected chi connectivity index (χ1v) is 5.54. The number of cyclic esters (lactones) is 2. The summed E-state index contributed by atoms with van der Waals surface area (Å²) in [5.74, 6) is -1.25. The number of aryl methyl sites for hydroxylation is 2. The number of carbonyl (C=O) groups excluding carboxylic acids is 2. The van der Waals surface area contributed by atoms with E-state index in [2.05, 4.69) is 0 Å². The lowest BCUT2D eigenvalue weighted by molar-refractivity contribution is -0.222. The van der Waals surface area contributed by atoms with Crippen LogP contribution in [-0.2, 0) is 19.1 Å². The number of furan rings is 1.